The van der Waals surface area contributed by atoms with Crippen LogP contribution in [0.15, 0.2) is 24.3 Å². The van der Waals surface area contributed by atoms with Gasteiger partial charge in [0.1, 0.15) is 0 Å². The number of rotatable bonds is 3. The Hall–Kier alpha value is -2.44. The number of carbonyl (C=O) groups is 1. The molecule has 1 heterocycles. The van der Waals surface area contributed by atoms with Crippen molar-refractivity contribution >= 4 is 11.7 Å². The zero-order chi connectivity index (χ0) is 14.5. The molecule has 1 aromatic heterocycles. The molecule has 0 unspecified atom stereocenters. The monoisotopic (exact) mass is 286 g/mol. The molecule has 0 saturated heterocycles. The normalized spacial score (nSPS) is 15.6. The molecule has 1 aliphatic rings. The minimum absolute atomic E-state index is 0.160. The summed E-state index contributed by atoms with van der Waals surface area (Å²) in [6.45, 7) is 0. The maximum Gasteiger partial charge on any atom is 0.319 e. The Bertz CT molecular complexity index is 591. The van der Waals surface area contributed by atoms with Crippen LogP contribution in [0.2, 0.25) is 0 Å². The van der Waals surface area contributed by atoms with E-state index < -0.39 is 0 Å². The number of tetrazole rings is 1. The van der Waals surface area contributed by atoms with Gasteiger partial charge in [-0.1, -0.05) is 31.4 Å². The van der Waals surface area contributed by atoms with E-state index in [1.807, 2.05) is 24.3 Å². The number of carbonyl (C=O) groups excluding carboxylic acids is 1. The maximum atomic E-state index is 12.0. The van der Waals surface area contributed by atoms with E-state index in [9.17, 15) is 4.79 Å². The van der Waals surface area contributed by atoms with Gasteiger partial charge < -0.3 is 10.6 Å². The summed E-state index contributed by atoms with van der Waals surface area (Å²) in [6, 6.07) is 7.51. The van der Waals surface area contributed by atoms with Crippen LogP contribution in [-0.4, -0.2) is 32.7 Å². The van der Waals surface area contributed by atoms with E-state index in [2.05, 4.69) is 31.3 Å². The summed E-state index contributed by atoms with van der Waals surface area (Å²) in [6.07, 6.45) is 5.79. The molecule has 0 aliphatic heterocycles. The lowest BCUT2D eigenvalue weighted by atomic mass is 9.96. The van der Waals surface area contributed by atoms with Crippen LogP contribution in [0.25, 0.3) is 11.4 Å². The van der Waals surface area contributed by atoms with Crippen LogP contribution < -0.4 is 10.6 Å². The Labute approximate surface area is 122 Å². The van der Waals surface area contributed by atoms with Gasteiger partial charge in [-0.15, -0.1) is 10.2 Å². The maximum absolute atomic E-state index is 12.0. The summed E-state index contributed by atoms with van der Waals surface area (Å²) in [5.41, 5.74) is 1.52. The van der Waals surface area contributed by atoms with Crippen molar-refractivity contribution < 1.29 is 4.79 Å². The molecule has 0 bridgehead atoms. The van der Waals surface area contributed by atoms with Gasteiger partial charge in [0.2, 0.25) is 5.82 Å². The highest BCUT2D eigenvalue weighted by Crippen LogP contribution is 2.19. The first-order chi connectivity index (χ1) is 10.3. The van der Waals surface area contributed by atoms with Gasteiger partial charge in [-0.25, -0.2) is 4.79 Å². The lowest BCUT2D eigenvalue weighted by molar-refractivity contribution is 0.244. The van der Waals surface area contributed by atoms with Crippen molar-refractivity contribution in [3.8, 4) is 11.4 Å². The van der Waals surface area contributed by atoms with E-state index in [4.69, 9.17) is 0 Å². The van der Waals surface area contributed by atoms with Crippen molar-refractivity contribution in [2.75, 3.05) is 5.32 Å². The number of urea groups is 1. The number of nitrogens with one attached hydrogen (secondary N) is 3. The molecule has 0 atom stereocenters. The van der Waals surface area contributed by atoms with Crippen LogP contribution in [-0.2, 0) is 0 Å². The van der Waals surface area contributed by atoms with Gasteiger partial charge in [-0.3, -0.25) is 0 Å². The van der Waals surface area contributed by atoms with Crippen LogP contribution in [0.5, 0.6) is 0 Å². The van der Waals surface area contributed by atoms with E-state index in [1.165, 1.54) is 19.3 Å². The van der Waals surface area contributed by atoms with E-state index in [0.29, 0.717) is 17.6 Å². The first-order valence-electron chi connectivity index (χ1n) is 7.23. The van der Waals surface area contributed by atoms with E-state index in [-0.39, 0.29) is 6.03 Å². The second-order valence-corrected chi connectivity index (χ2v) is 5.25. The van der Waals surface area contributed by atoms with Gasteiger partial charge in [-0.05, 0) is 30.2 Å². The summed E-state index contributed by atoms with van der Waals surface area (Å²) < 4.78 is 0. The zero-order valence-corrected chi connectivity index (χ0v) is 11.7. The molecule has 21 heavy (non-hydrogen) atoms. The Balaban J connectivity index is 1.62. The predicted molar refractivity (Wildman–Crippen MR) is 78.6 cm³/mol. The fourth-order valence-electron chi connectivity index (χ4n) is 2.62. The van der Waals surface area contributed by atoms with Gasteiger partial charge in [-0.2, -0.15) is 5.21 Å². The predicted octanol–water partition coefficient (Wildman–Crippen LogP) is 2.32. The number of amides is 2. The molecular weight excluding hydrogens is 268 g/mol. The van der Waals surface area contributed by atoms with Gasteiger partial charge in [0.05, 0.1) is 0 Å². The molecule has 110 valence electrons. The summed E-state index contributed by atoms with van der Waals surface area (Å²) in [7, 11) is 0. The van der Waals surface area contributed by atoms with Gasteiger partial charge in [0.15, 0.2) is 0 Å². The molecular formula is C14H18N6O. The Morgan fingerprint density at radius 3 is 2.86 bits per heavy atom. The van der Waals surface area contributed by atoms with Crippen molar-refractivity contribution in [2.24, 2.45) is 0 Å². The van der Waals surface area contributed by atoms with E-state index in [1.54, 1.807) is 0 Å². The highest BCUT2D eigenvalue weighted by atomic mass is 16.2. The van der Waals surface area contributed by atoms with Crippen molar-refractivity contribution in [1.82, 2.24) is 25.9 Å². The number of hydrogen-bond donors (Lipinski definition) is 3. The van der Waals surface area contributed by atoms with Crippen LogP contribution in [0, 0.1) is 0 Å². The zero-order valence-electron chi connectivity index (χ0n) is 11.7. The van der Waals surface area contributed by atoms with Crippen LogP contribution in [0.1, 0.15) is 32.1 Å². The molecule has 3 N–H and O–H groups in total. The fourth-order valence-corrected chi connectivity index (χ4v) is 2.62. The first kappa shape index (κ1) is 13.5. The molecule has 0 radical (unpaired) electrons. The number of benzene rings is 1. The average molecular weight is 286 g/mol. The quantitative estimate of drug-likeness (QED) is 0.806. The minimum atomic E-state index is -0.160. The average Bonchev–Trinajstić information content (AvgIpc) is 3.02. The summed E-state index contributed by atoms with van der Waals surface area (Å²) in [4.78, 5) is 12.0. The van der Waals surface area contributed by atoms with Crippen LogP contribution in [0.4, 0.5) is 10.5 Å². The Kier molecular flexibility index (Phi) is 4.09. The van der Waals surface area contributed by atoms with E-state index in [0.717, 1.165) is 18.4 Å². The Morgan fingerprint density at radius 2 is 2.10 bits per heavy atom. The number of hydrogen-bond acceptors (Lipinski definition) is 4. The first-order valence-corrected chi connectivity index (χ1v) is 7.23. The topological polar surface area (TPSA) is 95.6 Å². The lowest BCUT2D eigenvalue weighted by Gasteiger charge is -2.22. The van der Waals surface area contributed by atoms with Crippen molar-refractivity contribution in [3.05, 3.63) is 24.3 Å². The number of aromatic amines is 1. The highest BCUT2D eigenvalue weighted by molar-refractivity contribution is 5.90. The number of nitrogens with zero attached hydrogens (tertiary/aromatic N) is 3. The van der Waals surface area contributed by atoms with Gasteiger partial charge in [0.25, 0.3) is 0 Å². The molecule has 7 heteroatoms. The van der Waals surface area contributed by atoms with Crippen molar-refractivity contribution in [1.29, 1.82) is 0 Å². The molecule has 1 aliphatic carbocycles. The minimum Gasteiger partial charge on any atom is -0.335 e. The molecule has 1 fully saturated rings. The highest BCUT2D eigenvalue weighted by Gasteiger charge is 2.15. The largest absolute Gasteiger partial charge is 0.335 e. The SMILES string of the molecule is O=C(Nc1cccc(-c2nn[nH]n2)c1)NC1CCCCC1. The molecule has 7 nitrogen and oxygen atoms in total. The molecule has 2 aromatic rings. The molecule has 3 rings (SSSR count). The second kappa shape index (κ2) is 6.34. The molecule has 2 amide bonds. The molecule has 1 aromatic carbocycles. The standard InChI is InChI=1S/C14H18N6O/c21-14(15-11-6-2-1-3-7-11)16-12-8-4-5-10(9-12)13-17-19-20-18-13/h4-5,8-9,11H,1-3,6-7H2,(H2,15,16,21)(H,17,18,19,20). The molecule has 0 spiro atoms. The molecule has 1 saturated carbocycles. The summed E-state index contributed by atoms with van der Waals surface area (Å²) >= 11 is 0. The lowest BCUT2D eigenvalue weighted by Crippen LogP contribution is -2.39. The third-order valence-electron chi connectivity index (χ3n) is 3.66. The summed E-state index contributed by atoms with van der Waals surface area (Å²) in [5.74, 6) is 0.506. The van der Waals surface area contributed by atoms with Crippen LogP contribution in [0.3, 0.4) is 0 Å². The van der Waals surface area contributed by atoms with Gasteiger partial charge >= 0.3 is 6.03 Å². The third kappa shape index (κ3) is 3.56. The van der Waals surface area contributed by atoms with Crippen LogP contribution >= 0.6 is 0 Å². The Morgan fingerprint density at radius 1 is 1.24 bits per heavy atom. The van der Waals surface area contributed by atoms with Crippen molar-refractivity contribution in [2.45, 2.75) is 38.1 Å². The second-order valence-electron chi connectivity index (χ2n) is 5.25. The van der Waals surface area contributed by atoms with Crippen molar-refractivity contribution in [3.63, 3.8) is 0 Å². The van der Waals surface area contributed by atoms with E-state index >= 15 is 0 Å². The number of H-pyrrole nitrogens is 1. The smallest absolute Gasteiger partial charge is 0.319 e. The number of aromatic nitrogens is 4. The van der Waals surface area contributed by atoms with Gasteiger partial charge in [0, 0.05) is 17.3 Å². The number of anilines is 1. The summed E-state index contributed by atoms with van der Waals surface area (Å²) in [5, 5.41) is 19.7. The third-order valence-corrected chi connectivity index (χ3v) is 3.66. The fraction of sp³-hybridized carbons (Fsp3) is 0.429.